The van der Waals surface area contributed by atoms with Crippen LogP contribution < -0.4 is 5.32 Å². The van der Waals surface area contributed by atoms with Crippen molar-refractivity contribution in [2.75, 3.05) is 5.32 Å². The van der Waals surface area contributed by atoms with Crippen molar-refractivity contribution in [1.82, 2.24) is 0 Å². The standard InChI is InChI=1S/C21H27NO9/c1-6-15-7-9-16(10-8-15)22-21(26)31-20-19(30-14(5)25)18(29-13(4)24)17(11(2)27-20)28-12(3)23/h7-11,17-20H,6H2,1-5H3,(H,22,26). The fourth-order valence-electron chi connectivity index (χ4n) is 3.14. The second-order valence-electron chi connectivity index (χ2n) is 7.01. The summed E-state index contributed by atoms with van der Waals surface area (Å²) in [6.07, 6.45) is -5.93. The quantitative estimate of drug-likeness (QED) is 0.527. The average Bonchev–Trinajstić information content (AvgIpc) is 2.67. The number of amides is 1. The number of rotatable bonds is 6. The van der Waals surface area contributed by atoms with Gasteiger partial charge in [0.2, 0.25) is 12.4 Å². The van der Waals surface area contributed by atoms with E-state index in [-0.39, 0.29) is 0 Å². The fourth-order valence-corrected chi connectivity index (χ4v) is 3.14. The smallest absolute Gasteiger partial charge is 0.414 e. The summed E-state index contributed by atoms with van der Waals surface area (Å²) in [6, 6.07) is 7.15. The van der Waals surface area contributed by atoms with Gasteiger partial charge in [0.15, 0.2) is 12.2 Å². The zero-order valence-corrected chi connectivity index (χ0v) is 18.1. The Bertz CT molecular complexity index is 808. The maximum absolute atomic E-state index is 12.4. The third-order valence-electron chi connectivity index (χ3n) is 4.47. The second kappa shape index (κ2) is 10.8. The fraction of sp³-hybridized carbons (Fsp3) is 0.524. The van der Waals surface area contributed by atoms with E-state index >= 15 is 0 Å². The van der Waals surface area contributed by atoms with Crippen molar-refractivity contribution in [3.63, 3.8) is 0 Å². The van der Waals surface area contributed by atoms with Crippen LogP contribution in [0.4, 0.5) is 10.5 Å². The molecule has 5 unspecified atom stereocenters. The molecule has 1 saturated heterocycles. The van der Waals surface area contributed by atoms with Gasteiger partial charge in [-0.05, 0) is 31.0 Å². The van der Waals surface area contributed by atoms with E-state index in [9.17, 15) is 19.2 Å². The van der Waals surface area contributed by atoms with Crippen molar-refractivity contribution in [3.05, 3.63) is 29.8 Å². The number of hydrogen-bond acceptors (Lipinski definition) is 9. The highest BCUT2D eigenvalue weighted by Crippen LogP contribution is 2.29. The number of hydrogen-bond donors (Lipinski definition) is 1. The lowest BCUT2D eigenvalue weighted by atomic mass is 9.99. The maximum Gasteiger partial charge on any atom is 0.414 e. The molecule has 0 aliphatic carbocycles. The van der Waals surface area contributed by atoms with Crippen LogP contribution in [0.2, 0.25) is 0 Å². The highest BCUT2D eigenvalue weighted by Gasteiger charge is 2.52. The molecule has 1 heterocycles. The molecule has 1 fully saturated rings. The number of ether oxygens (including phenoxy) is 5. The molecule has 1 aromatic rings. The van der Waals surface area contributed by atoms with Gasteiger partial charge in [0.25, 0.3) is 0 Å². The van der Waals surface area contributed by atoms with Gasteiger partial charge in [0.05, 0.1) is 6.10 Å². The van der Waals surface area contributed by atoms with Crippen molar-refractivity contribution in [1.29, 1.82) is 0 Å². The zero-order valence-electron chi connectivity index (χ0n) is 18.1. The van der Waals surface area contributed by atoms with Gasteiger partial charge in [0.1, 0.15) is 0 Å². The molecule has 0 spiro atoms. The highest BCUT2D eigenvalue weighted by atomic mass is 16.7. The summed E-state index contributed by atoms with van der Waals surface area (Å²) >= 11 is 0. The molecule has 0 radical (unpaired) electrons. The van der Waals surface area contributed by atoms with E-state index in [1.165, 1.54) is 6.92 Å². The van der Waals surface area contributed by atoms with Crippen LogP contribution in [0.1, 0.15) is 40.2 Å². The van der Waals surface area contributed by atoms with Gasteiger partial charge in [-0.25, -0.2) is 4.79 Å². The Morgan fingerprint density at radius 3 is 1.87 bits per heavy atom. The first-order valence-corrected chi connectivity index (χ1v) is 9.84. The molecule has 1 aliphatic rings. The lowest BCUT2D eigenvalue weighted by molar-refractivity contribution is -0.285. The van der Waals surface area contributed by atoms with Crippen molar-refractivity contribution < 1.29 is 42.9 Å². The Kier molecular flexibility index (Phi) is 8.38. The minimum atomic E-state index is -1.41. The van der Waals surface area contributed by atoms with E-state index in [1.54, 1.807) is 19.1 Å². The van der Waals surface area contributed by atoms with Gasteiger partial charge >= 0.3 is 24.0 Å². The van der Waals surface area contributed by atoms with Gasteiger partial charge in [-0.3, -0.25) is 19.7 Å². The molecular formula is C21H27NO9. The third kappa shape index (κ3) is 6.95. The van der Waals surface area contributed by atoms with E-state index in [1.807, 2.05) is 19.1 Å². The normalized spacial score (nSPS) is 25.1. The predicted molar refractivity (Wildman–Crippen MR) is 107 cm³/mol. The van der Waals surface area contributed by atoms with Gasteiger partial charge in [-0.15, -0.1) is 0 Å². The number of nitrogens with one attached hydrogen (secondary N) is 1. The van der Waals surface area contributed by atoms with Crippen molar-refractivity contribution in [2.24, 2.45) is 0 Å². The van der Waals surface area contributed by atoms with Gasteiger partial charge in [-0.2, -0.15) is 0 Å². The predicted octanol–water partition coefficient (Wildman–Crippen LogP) is 2.34. The van der Waals surface area contributed by atoms with Crippen LogP contribution in [0, 0.1) is 0 Å². The van der Waals surface area contributed by atoms with Gasteiger partial charge in [-0.1, -0.05) is 19.1 Å². The summed E-state index contributed by atoms with van der Waals surface area (Å²) in [6.45, 7) is 7.02. The Morgan fingerprint density at radius 2 is 1.35 bits per heavy atom. The Morgan fingerprint density at radius 1 is 0.839 bits per heavy atom. The summed E-state index contributed by atoms with van der Waals surface area (Å²) in [7, 11) is 0. The molecular weight excluding hydrogens is 410 g/mol. The van der Waals surface area contributed by atoms with Crippen molar-refractivity contribution in [2.45, 2.75) is 71.7 Å². The largest absolute Gasteiger partial charge is 0.456 e. The monoisotopic (exact) mass is 437 g/mol. The topological polar surface area (TPSA) is 126 Å². The number of aryl methyl sites for hydroxylation is 1. The number of carbonyl (C=O) groups excluding carboxylic acids is 4. The molecule has 1 aromatic carbocycles. The minimum Gasteiger partial charge on any atom is -0.456 e. The van der Waals surface area contributed by atoms with Crippen LogP contribution in [0.5, 0.6) is 0 Å². The minimum absolute atomic E-state index is 0.490. The molecule has 5 atom stereocenters. The summed E-state index contributed by atoms with van der Waals surface area (Å²) in [5, 5.41) is 2.55. The third-order valence-corrected chi connectivity index (χ3v) is 4.47. The lowest BCUT2D eigenvalue weighted by Gasteiger charge is -2.42. The van der Waals surface area contributed by atoms with Crippen LogP contribution in [0.15, 0.2) is 24.3 Å². The highest BCUT2D eigenvalue weighted by molar-refractivity contribution is 5.84. The van der Waals surface area contributed by atoms with Gasteiger partial charge < -0.3 is 23.7 Å². The summed E-state index contributed by atoms with van der Waals surface area (Å²) in [5.74, 6) is -2.08. The zero-order chi connectivity index (χ0) is 23.1. The molecule has 10 heteroatoms. The first kappa shape index (κ1) is 24.1. The molecule has 1 amide bonds. The van der Waals surface area contributed by atoms with E-state index < -0.39 is 54.7 Å². The number of benzene rings is 1. The Labute approximate surface area is 180 Å². The lowest BCUT2D eigenvalue weighted by Crippen LogP contribution is -2.61. The summed E-state index contributed by atoms with van der Waals surface area (Å²) in [4.78, 5) is 47.2. The molecule has 1 aliphatic heterocycles. The summed E-state index contributed by atoms with van der Waals surface area (Å²) < 4.78 is 26.7. The number of carbonyl (C=O) groups is 4. The molecule has 0 saturated carbocycles. The molecule has 31 heavy (non-hydrogen) atoms. The van der Waals surface area contributed by atoms with Gasteiger partial charge in [0, 0.05) is 26.5 Å². The van der Waals surface area contributed by atoms with Crippen molar-refractivity contribution in [3.8, 4) is 0 Å². The SMILES string of the molecule is CCc1ccc(NC(=O)OC2OC(C)C(OC(C)=O)C(OC(C)=O)C2OC(C)=O)cc1. The number of esters is 3. The molecule has 2 rings (SSSR count). The van der Waals surface area contributed by atoms with Crippen LogP contribution in [0.25, 0.3) is 0 Å². The molecule has 0 aromatic heterocycles. The van der Waals surface area contributed by atoms with Crippen LogP contribution in [-0.2, 0) is 44.5 Å². The molecule has 170 valence electrons. The van der Waals surface area contributed by atoms with Crippen LogP contribution >= 0.6 is 0 Å². The Balaban J connectivity index is 2.21. The molecule has 1 N–H and O–H groups in total. The second-order valence-corrected chi connectivity index (χ2v) is 7.01. The van der Waals surface area contributed by atoms with E-state index in [2.05, 4.69) is 5.32 Å². The molecule has 0 bridgehead atoms. The molecule has 10 nitrogen and oxygen atoms in total. The first-order chi connectivity index (χ1) is 14.6. The van der Waals surface area contributed by atoms with Crippen LogP contribution in [0.3, 0.4) is 0 Å². The van der Waals surface area contributed by atoms with Crippen molar-refractivity contribution >= 4 is 29.7 Å². The van der Waals surface area contributed by atoms with Crippen LogP contribution in [-0.4, -0.2) is 54.7 Å². The van der Waals surface area contributed by atoms with E-state index in [0.717, 1.165) is 25.8 Å². The van der Waals surface area contributed by atoms with E-state index in [4.69, 9.17) is 23.7 Å². The first-order valence-electron chi connectivity index (χ1n) is 9.84. The van der Waals surface area contributed by atoms with E-state index in [0.29, 0.717) is 5.69 Å². The summed E-state index contributed by atoms with van der Waals surface area (Å²) in [5.41, 5.74) is 1.59. The maximum atomic E-state index is 12.4. The average molecular weight is 437 g/mol. The Hall–Kier alpha value is -3.14. The number of anilines is 1.